The van der Waals surface area contributed by atoms with Crippen LogP contribution in [0, 0.1) is 29.6 Å². The van der Waals surface area contributed by atoms with Gasteiger partial charge in [0.15, 0.2) is 5.56 Å². The van der Waals surface area contributed by atoms with Crippen LogP contribution in [0.3, 0.4) is 0 Å². The maximum absolute atomic E-state index is 13.3. The van der Waals surface area contributed by atoms with Gasteiger partial charge in [0.25, 0.3) is 39.6 Å². The molecule has 18 rings (SSSR count). The van der Waals surface area contributed by atoms with E-state index in [1.54, 1.807) is 115 Å². The van der Waals surface area contributed by atoms with Gasteiger partial charge in [0.2, 0.25) is 0 Å². The molecule has 0 spiro atoms. The Morgan fingerprint density at radius 2 is 0.638 bits per heavy atom. The number of ether oxygens (including phenoxy) is 5. The Kier molecular flexibility index (Phi) is 34.4. The first-order valence-electron chi connectivity index (χ1n) is 45.2. The van der Waals surface area contributed by atoms with Gasteiger partial charge in [-0.3, -0.25) is 58.5 Å². The highest BCUT2D eigenvalue weighted by atomic mass is 35.5. The number of amides is 2. The van der Waals surface area contributed by atoms with Crippen LogP contribution in [0.5, 0.6) is 40.2 Å². The second-order valence-electron chi connectivity index (χ2n) is 33.3. The normalized spacial score (nSPS) is 13.1. The molecule has 33 heteroatoms. The molecule has 3 aliphatic carbocycles. The van der Waals surface area contributed by atoms with Crippen LogP contribution in [0.2, 0.25) is 10.0 Å². The first-order chi connectivity index (χ1) is 66.9. The number of pyridine rings is 10. The molecule has 31 nitrogen and oxygen atoms in total. The van der Waals surface area contributed by atoms with Crippen molar-refractivity contribution in [3.8, 4) is 52.4 Å². The first-order valence-corrected chi connectivity index (χ1v) is 46.0. The summed E-state index contributed by atoms with van der Waals surface area (Å²) in [6, 6.07) is 49.8. The van der Waals surface area contributed by atoms with E-state index >= 15 is 0 Å². The second-order valence-corrected chi connectivity index (χ2v) is 34.1. The van der Waals surface area contributed by atoms with Gasteiger partial charge in [-0.1, -0.05) is 159 Å². The van der Waals surface area contributed by atoms with Crippen molar-refractivity contribution in [2.75, 3.05) is 35.0 Å². The van der Waals surface area contributed by atoms with Crippen LogP contribution in [0.1, 0.15) is 179 Å². The molecule has 10 heterocycles. The molecule has 10 aromatic heterocycles. The second kappa shape index (κ2) is 47.6. The number of aromatic nitrogens is 10. The maximum atomic E-state index is 13.3. The molecule has 0 saturated heterocycles. The number of aromatic hydroxyl groups is 3. The molecule has 3 fully saturated rings. The lowest BCUT2D eigenvalue weighted by molar-refractivity contribution is 0.0520. The molecule has 15 aromatic rings. The number of nitrogens with one attached hydrogen (secondary N) is 2. The lowest BCUT2D eigenvalue weighted by atomic mass is 9.95. The number of hydrogen-bond donors (Lipinski definition) is 6. The molecule has 7 N–H and O–H groups in total. The minimum Gasteiger partial charge on any atom is -0.506 e. The molecule has 0 aliphatic heterocycles. The SMILES string of the molecule is CCOC(=O)c1c(O)c2ccncc2n(Cc2ccc(OC)cc2)c1=O.COc1ccc(Cn2c(=O)c(C#N)c(Cl)c3ccncc32)cc1.COc1ccc(Cn2c(=O)c(C#N)c(Cl)c3ccncc32)cc1.COc1ccc(Cn2c(=O)c(C(=O)NC3CCCCC3)c(O)c3ccncc32)cc1.Cc1ccc(Cn2c(=O)c(C(=O)NC3CCCCC3)c(O)c3ccncc32)cc1.NC1CCCCC1. The van der Waals surface area contributed by atoms with Crippen molar-refractivity contribution >= 4 is 95.5 Å². The lowest BCUT2D eigenvalue weighted by Gasteiger charge is -2.23. The third-order valence-electron chi connectivity index (χ3n) is 24.3. The summed E-state index contributed by atoms with van der Waals surface area (Å²) in [6.45, 7) is 5.12. The van der Waals surface area contributed by atoms with Crippen molar-refractivity contribution in [2.45, 2.75) is 161 Å². The summed E-state index contributed by atoms with van der Waals surface area (Å²) in [5.41, 5.74) is 10.4. The van der Waals surface area contributed by atoms with E-state index < -0.39 is 51.3 Å². The fourth-order valence-electron chi connectivity index (χ4n) is 16.8. The van der Waals surface area contributed by atoms with E-state index in [0.29, 0.717) is 85.9 Å². The van der Waals surface area contributed by atoms with Gasteiger partial charge in [0, 0.05) is 76.0 Å². The Morgan fingerprint density at radius 3 is 0.906 bits per heavy atom. The van der Waals surface area contributed by atoms with E-state index in [2.05, 4.69) is 35.6 Å². The quantitative estimate of drug-likeness (QED) is 0.0386. The zero-order valence-electron chi connectivity index (χ0n) is 77.1. The largest absolute Gasteiger partial charge is 0.506 e. The summed E-state index contributed by atoms with van der Waals surface area (Å²) in [5.74, 6) is 0.0539. The van der Waals surface area contributed by atoms with Gasteiger partial charge in [-0.05, 0) is 159 Å². The van der Waals surface area contributed by atoms with Gasteiger partial charge in [-0.15, -0.1) is 0 Å². The zero-order valence-corrected chi connectivity index (χ0v) is 78.6. The first kappa shape index (κ1) is 99.9. The molecule has 3 saturated carbocycles. The summed E-state index contributed by atoms with van der Waals surface area (Å²) in [5, 5.41) is 59.1. The minimum absolute atomic E-state index is 0.0354. The monoisotopic (exact) mass is 1900 g/mol. The molecule has 5 aromatic carbocycles. The number of methoxy groups -OCH3 is 4. The summed E-state index contributed by atoms with van der Waals surface area (Å²) in [6.07, 6.45) is 32.3. The van der Waals surface area contributed by atoms with Gasteiger partial charge in [-0.25, -0.2) is 4.79 Å². The Bertz CT molecular complexity index is 7150. The minimum atomic E-state index is -0.850. The van der Waals surface area contributed by atoms with Crippen LogP contribution >= 0.6 is 23.2 Å². The van der Waals surface area contributed by atoms with Crippen molar-refractivity contribution in [1.29, 1.82) is 10.5 Å². The summed E-state index contributed by atoms with van der Waals surface area (Å²) in [7, 11) is 6.36. The molecule has 0 unspecified atom stereocenters. The zero-order chi connectivity index (χ0) is 98.1. The number of fused-ring (bicyclic) bond motifs is 5. The van der Waals surface area contributed by atoms with Gasteiger partial charge in [0.1, 0.15) is 74.6 Å². The number of benzene rings is 5. The van der Waals surface area contributed by atoms with E-state index in [0.717, 1.165) is 108 Å². The highest BCUT2D eigenvalue weighted by molar-refractivity contribution is 6.37. The van der Waals surface area contributed by atoms with Gasteiger partial charge < -0.3 is 78.2 Å². The van der Waals surface area contributed by atoms with Crippen LogP contribution < -0.4 is 63.1 Å². The molecular formula is C105H105Cl2N15O16. The van der Waals surface area contributed by atoms with Crippen LogP contribution in [-0.4, -0.2) is 134 Å². The topological polar surface area (TPSA) is 430 Å². The number of carbonyl (C=O) groups is 3. The molecule has 0 atom stereocenters. The molecule has 3 aliphatic rings. The van der Waals surface area contributed by atoms with Gasteiger partial charge >= 0.3 is 5.97 Å². The summed E-state index contributed by atoms with van der Waals surface area (Å²) >= 11 is 12.4. The van der Waals surface area contributed by atoms with Gasteiger partial charge in [0.05, 0.1) is 136 Å². The Labute approximate surface area is 803 Å². The van der Waals surface area contributed by atoms with E-state index in [9.17, 15) is 64.2 Å². The molecular weight excluding hydrogens is 1800 g/mol. The van der Waals surface area contributed by atoms with Crippen LogP contribution in [0.4, 0.5) is 0 Å². The smallest absolute Gasteiger partial charge is 0.347 e. The van der Waals surface area contributed by atoms with E-state index in [1.807, 2.05) is 128 Å². The Hall–Kier alpha value is -15.6. The standard InChI is InChI=1S/C23H25N3O4.C23H25N3O3.C19H18N2O5.2C17H12ClN3O2.C6H13N/c1-30-17-9-7-15(8-10-17)14-26-19-13-24-12-11-18(19)21(27)20(23(26)29)22(28)25-16-5-3-2-4-6-16;1-15-7-9-16(10-8-15)14-26-19-13-24-12-11-18(19)21(27)20(23(26)29)22(28)25-17-5-3-2-4-6-17;1-3-26-19(24)16-17(22)14-8-9-20-10-15(14)21(18(16)23)11-12-4-6-13(25-2)7-5-12;2*1-23-12-4-2-11(3-5-12)10-21-15-9-20-7-6-13(15)16(18)14(8-19)17(21)22;7-6-4-2-1-3-5-6/h7-13,16,27H,2-6,14H2,1H3,(H,25,28);7-13,17,27H,2-6,14H2,1H3,(H,25,28);4-10,22H,3,11H2,1-2H3;2*2-7,9H,10H2,1H3;6H,1-5,7H2. The number of carbonyl (C=O) groups excluding carboxylic acids is 3. The Morgan fingerprint density at radius 1 is 0.384 bits per heavy atom. The maximum Gasteiger partial charge on any atom is 0.347 e. The molecule has 0 bridgehead atoms. The van der Waals surface area contributed by atoms with E-state index in [-0.39, 0.29) is 81.1 Å². The number of nitrogens with two attached hydrogens (primary N) is 1. The number of rotatable bonds is 20. The predicted octanol–water partition coefficient (Wildman–Crippen LogP) is 16.3. The Balaban J connectivity index is 0.000000143. The fraction of sp³-hybridized carbons (Fsp3) is 0.286. The van der Waals surface area contributed by atoms with Crippen molar-refractivity contribution in [3.63, 3.8) is 0 Å². The van der Waals surface area contributed by atoms with Crippen LogP contribution in [-0.2, 0) is 37.5 Å². The van der Waals surface area contributed by atoms with Crippen molar-refractivity contribution < 1.29 is 53.4 Å². The van der Waals surface area contributed by atoms with Crippen LogP contribution in [0.25, 0.3) is 54.5 Å². The molecule has 710 valence electrons. The highest BCUT2D eigenvalue weighted by Gasteiger charge is 2.30. The third-order valence-corrected chi connectivity index (χ3v) is 25.1. The van der Waals surface area contributed by atoms with Crippen molar-refractivity contribution in [2.24, 2.45) is 5.73 Å². The summed E-state index contributed by atoms with van der Waals surface area (Å²) < 4.78 is 32.9. The fourth-order valence-corrected chi connectivity index (χ4v) is 17.4. The predicted molar refractivity (Wildman–Crippen MR) is 529 cm³/mol. The van der Waals surface area contributed by atoms with Gasteiger partial charge in [-0.2, -0.15) is 10.5 Å². The highest BCUT2D eigenvalue weighted by Crippen LogP contribution is 2.34. The van der Waals surface area contributed by atoms with Crippen LogP contribution in [0.15, 0.2) is 238 Å². The number of halogens is 2. The summed E-state index contributed by atoms with van der Waals surface area (Å²) in [4.78, 5) is 123. The lowest BCUT2D eigenvalue weighted by Crippen LogP contribution is -2.40. The van der Waals surface area contributed by atoms with Crippen molar-refractivity contribution in [1.82, 2.24) is 58.4 Å². The molecule has 0 radical (unpaired) electrons. The number of nitrogens with zero attached hydrogens (tertiary/aromatic N) is 12. The number of hydrogen-bond acceptors (Lipinski definition) is 24. The number of aryl methyl sites for hydroxylation is 1. The van der Waals surface area contributed by atoms with Crippen molar-refractivity contribution in [3.05, 3.63) is 337 Å². The average molecular weight is 1900 g/mol. The third kappa shape index (κ3) is 23.8. The number of nitriles is 2. The van der Waals surface area contributed by atoms with E-state index in [1.165, 1.54) is 86.1 Å². The number of esters is 1. The molecule has 138 heavy (non-hydrogen) atoms. The van der Waals surface area contributed by atoms with E-state index in [4.69, 9.17) is 52.6 Å². The molecule has 2 amide bonds. The average Bonchev–Trinajstić information content (AvgIpc) is 0.753.